The average molecular weight is 517 g/mol. The number of nitrogens with two attached hydrogens (primary N) is 2. The molecule has 0 aliphatic carbocycles. The van der Waals surface area contributed by atoms with E-state index in [1.165, 1.54) is 0 Å². The first-order valence-electron chi connectivity index (χ1n) is 12.0. The summed E-state index contributed by atoms with van der Waals surface area (Å²) in [6, 6.07) is 2.78. The number of para-hydroxylation sites is 1. The molecule has 0 saturated carbocycles. The first-order chi connectivity index (χ1) is 17.3. The Morgan fingerprint density at radius 3 is 2.05 bits per heavy atom. The molecule has 202 valence electrons. The summed E-state index contributed by atoms with van der Waals surface area (Å²) in [4.78, 5) is 64.9. The molecule has 1 heterocycles. The monoisotopic (exact) mass is 516 g/mol. The topological polar surface area (TPSA) is 210 Å². The van der Waals surface area contributed by atoms with Crippen molar-refractivity contribution in [3.8, 4) is 0 Å². The van der Waals surface area contributed by atoms with Crippen LogP contribution in [-0.2, 0) is 30.4 Å². The predicted octanol–water partition coefficient (Wildman–Crippen LogP) is -0.236. The van der Waals surface area contributed by atoms with Crippen LogP contribution in [0, 0.1) is 11.8 Å². The largest absolute Gasteiger partial charge is 0.480 e. The number of hydrogen-bond acceptors (Lipinski definition) is 6. The zero-order chi connectivity index (χ0) is 27.9. The second-order valence-corrected chi connectivity index (χ2v) is 9.70. The molecule has 0 aliphatic rings. The third kappa shape index (κ3) is 8.04. The summed E-state index contributed by atoms with van der Waals surface area (Å²) in [5, 5.41) is 18.0. The number of carbonyl (C=O) groups excluding carboxylic acids is 4. The molecule has 2 aromatic rings. The lowest BCUT2D eigenvalue weighted by Gasteiger charge is -2.27. The van der Waals surface area contributed by atoms with Gasteiger partial charge in [0.2, 0.25) is 23.6 Å². The number of hydrogen-bond donors (Lipinski definition) is 7. The Kier molecular flexibility index (Phi) is 10.2. The Balaban J connectivity index is 2.30. The molecule has 1 aromatic carbocycles. The summed E-state index contributed by atoms with van der Waals surface area (Å²) in [5.41, 5.74) is 12.5. The molecule has 0 radical (unpaired) electrons. The van der Waals surface area contributed by atoms with Crippen LogP contribution < -0.4 is 27.4 Å². The smallest absolute Gasteiger partial charge is 0.326 e. The molecule has 12 nitrogen and oxygen atoms in total. The maximum absolute atomic E-state index is 13.4. The van der Waals surface area contributed by atoms with Gasteiger partial charge in [0.25, 0.3) is 0 Å². The highest BCUT2D eigenvalue weighted by Gasteiger charge is 2.33. The van der Waals surface area contributed by atoms with E-state index in [4.69, 9.17) is 11.5 Å². The van der Waals surface area contributed by atoms with E-state index in [0.29, 0.717) is 0 Å². The Labute approximate surface area is 214 Å². The van der Waals surface area contributed by atoms with Gasteiger partial charge in [0.1, 0.15) is 18.1 Å². The van der Waals surface area contributed by atoms with Crippen molar-refractivity contribution in [2.75, 3.05) is 0 Å². The second-order valence-electron chi connectivity index (χ2n) is 9.70. The van der Waals surface area contributed by atoms with Gasteiger partial charge in [-0.15, -0.1) is 0 Å². The van der Waals surface area contributed by atoms with Crippen molar-refractivity contribution in [2.45, 2.75) is 64.7 Å². The average Bonchev–Trinajstić information content (AvgIpc) is 3.21. The summed E-state index contributed by atoms with van der Waals surface area (Å²) in [7, 11) is 0. The van der Waals surface area contributed by atoms with Gasteiger partial charge in [0.15, 0.2) is 0 Å². The van der Waals surface area contributed by atoms with Gasteiger partial charge in [0, 0.05) is 23.5 Å². The van der Waals surface area contributed by atoms with Crippen LogP contribution in [0.4, 0.5) is 0 Å². The lowest BCUT2D eigenvalue weighted by Crippen LogP contribution is -2.59. The van der Waals surface area contributed by atoms with Crippen molar-refractivity contribution in [3.63, 3.8) is 0 Å². The van der Waals surface area contributed by atoms with Crippen LogP contribution in [0.25, 0.3) is 10.9 Å². The van der Waals surface area contributed by atoms with Crippen LogP contribution in [0.2, 0.25) is 0 Å². The second kappa shape index (κ2) is 12.9. The molecule has 12 heteroatoms. The Hall–Kier alpha value is -3.93. The van der Waals surface area contributed by atoms with Gasteiger partial charge in [-0.3, -0.25) is 19.2 Å². The van der Waals surface area contributed by atoms with Gasteiger partial charge < -0.3 is 37.5 Å². The highest BCUT2D eigenvalue weighted by molar-refractivity contribution is 5.95. The number of primary amides is 1. The summed E-state index contributed by atoms with van der Waals surface area (Å²) in [5.74, 6) is -4.82. The van der Waals surface area contributed by atoms with Gasteiger partial charge in [-0.25, -0.2) is 4.79 Å². The van der Waals surface area contributed by atoms with Crippen molar-refractivity contribution < 1.29 is 29.1 Å². The van der Waals surface area contributed by atoms with Crippen LogP contribution >= 0.6 is 0 Å². The summed E-state index contributed by atoms with van der Waals surface area (Å²) < 4.78 is 0. The maximum Gasteiger partial charge on any atom is 0.326 e. The lowest BCUT2D eigenvalue weighted by atomic mass is 9.98. The number of rotatable bonds is 13. The highest BCUT2D eigenvalue weighted by Crippen LogP contribution is 2.19. The predicted molar refractivity (Wildman–Crippen MR) is 137 cm³/mol. The van der Waals surface area contributed by atoms with Crippen molar-refractivity contribution in [1.29, 1.82) is 0 Å². The quantitative estimate of drug-likeness (QED) is 0.190. The fourth-order valence-electron chi connectivity index (χ4n) is 3.86. The number of carboxylic acid groups (broad SMARTS) is 1. The van der Waals surface area contributed by atoms with Crippen molar-refractivity contribution in [2.24, 2.45) is 23.3 Å². The number of H-pyrrole nitrogens is 1. The molecule has 4 amide bonds. The van der Waals surface area contributed by atoms with E-state index in [1.54, 1.807) is 33.9 Å². The summed E-state index contributed by atoms with van der Waals surface area (Å²) in [6.45, 7) is 6.71. The maximum atomic E-state index is 13.4. The van der Waals surface area contributed by atoms with E-state index in [0.717, 1.165) is 16.5 Å². The minimum atomic E-state index is -1.26. The fourth-order valence-corrected chi connectivity index (χ4v) is 3.86. The molecule has 0 saturated heterocycles. The standard InChI is InChI=1S/C25H36N6O6/c1-12(2)20(24(35)31-21(13(3)4)25(36)37)30-23(34)18(29-22(33)16(26)10-19(27)32)9-14-11-28-17-8-6-5-7-15(14)17/h5-8,11-13,16,18,20-21,28H,9-10,26H2,1-4H3,(H2,27,32)(H,29,33)(H,30,34)(H,31,35)(H,36,37). The molecule has 0 fully saturated rings. The molecule has 0 bridgehead atoms. The Bertz CT molecular complexity index is 1140. The zero-order valence-corrected chi connectivity index (χ0v) is 21.4. The number of aromatic nitrogens is 1. The number of aromatic amines is 1. The first kappa shape index (κ1) is 29.3. The molecule has 0 spiro atoms. The van der Waals surface area contributed by atoms with E-state index in [-0.39, 0.29) is 12.3 Å². The molecule has 2 rings (SSSR count). The zero-order valence-electron chi connectivity index (χ0n) is 21.4. The van der Waals surface area contributed by atoms with Gasteiger partial charge in [-0.05, 0) is 23.5 Å². The van der Waals surface area contributed by atoms with E-state index in [1.807, 2.05) is 24.3 Å². The summed E-state index contributed by atoms with van der Waals surface area (Å²) >= 11 is 0. The van der Waals surface area contributed by atoms with Crippen molar-refractivity contribution in [3.05, 3.63) is 36.0 Å². The number of carboxylic acids is 1. The first-order valence-corrected chi connectivity index (χ1v) is 12.0. The van der Waals surface area contributed by atoms with Crippen LogP contribution in [0.3, 0.4) is 0 Å². The molecule has 9 N–H and O–H groups in total. The minimum Gasteiger partial charge on any atom is -0.480 e. The van der Waals surface area contributed by atoms with Crippen molar-refractivity contribution in [1.82, 2.24) is 20.9 Å². The van der Waals surface area contributed by atoms with Gasteiger partial charge in [0.05, 0.1) is 12.5 Å². The number of amides is 4. The number of nitrogens with one attached hydrogen (secondary N) is 4. The molecule has 1 aromatic heterocycles. The van der Waals surface area contributed by atoms with Crippen LogP contribution in [0.5, 0.6) is 0 Å². The Morgan fingerprint density at radius 1 is 0.892 bits per heavy atom. The van der Waals surface area contributed by atoms with Crippen LogP contribution in [0.15, 0.2) is 30.5 Å². The molecule has 4 atom stereocenters. The number of benzene rings is 1. The number of fused-ring (bicyclic) bond motifs is 1. The third-order valence-corrected chi connectivity index (χ3v) is 5.97. The number of carbonyl (C=O) groups is 5. The SMILES string of the molecule is CC(C)C(NC(=O)C(NC(=O)C(Cc1c[nH]c2ccccc12)NC(=O)C(N)CC(N)=O)C(C)C)C(=O)O. The van der Waals surface area contributed by atoms with E-state index in [9.17, 15) is 29.1 Å². The number of aliphatic carboxylic acids is 1. The minimum absolute atomic E-state index is 0.0566. The molecule has 4 unspecified atom stereocenters. The van der Waals surface area contributed by atoms with Gasteiger partial charge >= 0.3 is 5.97 Å². The fraction of sp³-hybridized carbons (Fsp3) is 0.480. The van der Waals surface area contributed by atoms with Crippen molar-refractivity contribution >= 4 is 40.5 Å². The van der Waals surface area contributed by atoms with E-state index in [2.05, 4.69) is 20.9 Å². The third-order valence-electron chi connectivity index (χ3n) is 5.97. The van der Waals surface area contributed by atoms with E-state index < -0.39 is 66.1 Å². The normalized spacial score (nSPS) is 14.6. The summed E-state index contributed by atoms with van der Waals surface area (Å²) in [6.07, 6.45) is 1.37. The Morgan fingerprint density at radius 2 is 1.49 bits per heavy atom. The molecular weight excluding hydrogens is 480 g/mol. The van der Waals surface area contributed by atoms with Crippen LogP contribution in [0.1, 0.15) is 39.7 Å². The van der Waals surface area contributed by atoms with Gasteiger partial charge in [-0.1, -0.05) is 45.9 Å². The van der Waals surface area contributed by atoms with Gasteiger partial charge in [-0.2, -0.15) is 0 Å². The van der Waals surface area contributed by atoms with E-state index >= 15 is 0 Å². The van der Waals surface area contributed by atoms with Crippen LogP contribution in [-0.4, -0.2) is 63.9 Å². The molecule has 0 aliphatic heterocycles. The molecular formula is C25H36N6O6. The molecule has 37 heavy (non-hydrogen) atoms. The lowest BCUT2D eigenvalue weighted by molar-refractivity contribution is -0.143. The highest BCUT2D eigenvalue weighted by atomic mass is 16.4.